The van der Waals surface area contributed by atoms with E-state index in [1.807, 2.05) is 18.4 Å². The normalized spacial score (nSPS) is 16.2. The van der Waals surface area contributed by atoms with Crippen LogP contribution >= 0.6 is 21.6 Å². The summed E-state index contributed by atoms with van der Waals surface area (Å²) in [5.41, 5.74) is 0. The molecule has 0 aromatic rings. The molecule has 78 valence electrons. The molecule has 2 atom stereocenters. The van der Waals surface area contributed by atoms with Gasteiger partial charge in [-0.3, -0.25) is 4.21 Å². The van der Waals surface area contributed by atoms with Crippen LogP contribution in [0, 0.1) is 0 Å². The Morgan fingerprint density at radius 1 is 1.46 bits per heavy atom. The molecule has 0 saturated heterocycles. The maximum Gasteiger partial charge on any atom is 0.0905 e. The summed E-state index contributed by atoms with van der Waals surface area (Å²) in [6.07, 6.45) is 4.01. The van der Waals surface area contributed by atoms with Crippen LogP contribution in [0.5, 0.6) is 0 Å². The van der Waals surface area contributed by atoms with Gasteiger partial charge in [0, 0.05) is 16.6 Å². The zero-order valence-corrected chi connectivity index (χ0v) is 10.9. The van der Waals surface area contributed by atoms with Crippen LogP contribution < -0.4 is 0 Å². The summed E-state index contributed by atoms with van der Waals surface area (Å²) in [4.78, 5) is 0. The van der Waals surface area contributed by atoms with Gasteiger partial charge in [0.05, 0.1) is 4.58 Å². The maximum atomic E-state index is 11.6. The lowest BCUT2D eigenvalue weighted by molar-refractivity contribution is 0.678. The van der Waals surface area contributed by atoms with Crippen molar-refractivity contribution in [2.75, 3.05) is 5.75 Å². The number of hydrogen-bond acceptors (Lipinski definition) is 3. The molecule has 0 aliphatic carbocycles. The second kappa shape index (κ2) is 9.16. The summed E-state index contributed by atoms with van der Waals surface area (Å²) in [5.74, 6) is 0.835. The zero-order chi connectivity index (χ0) is 10.1. The molecular weight excluding hydrogens is 220 g/mol. The van der Waals surface area contributed by atoms with Crippen LogP contribution in [0.3, 0.4) is 0 Å². The van der Waals surface area contributed by atoms with Crippen molar-refractivity contribution in [2.24, 2.45) is 0 Å². The molecule has 4 heteroatoms. The van der Waals surface area contributed by atoms with Gasteiger partial charge < -0.3 is 0 Å². The van der Waals surface area contributed by atoms with Crippen LogP contribution in [0.15, 0.2) is 11.5 Å². The topological polar surface area (TPSA) is 17.1 Å². The van der Waals surface area contributed by atoms with Gasteiger partial charge in [0.25, 0.3) is 0 Å². The summed E-state index contributed by atoms with van der Waals surface area (Å²) >= 11 is 0. The second-order valence-corrected chi connectivity index (χ2v) is 7.00. The lowest BCUT2D eigenvalue weighted by Crippen LogP contribution is -2.11. The lowest BCUT2D eigenvalue weighted by Gasteiger charge is -2.11. The van der Waals surface area contributed by atoms with Gasteiger partial charge in [-0.15, -0.1) is 0 Å². The predicted molar refractivity (Wildman–Crippen MR) is 67.4 cm³/mol. The van der Waals surface area contributed by atoms with Crippen LogP contribution in [0.25, 0.3) is 0 Å². The van der Waals surface area contributed by atoms with E-state index in [0.29, 0.717) is 4.58 Å². The van der Waals surface area contributed by atoms with Gasteiger partial charge in [-0.05, 0) is 25.2 Å². The van der Waals surface area contributed by atoms with E-state index in [2.05, 4.69) is 13.8 Å². The van der Waals surface area contributed by atoms with Crippen LogP contribution in [0.4, 0.5) is 0 Å². The first-order valence-corrected chi connectivity index (χ1v) is 8.22. The fourth-order valence-corrected chi connectivity index (χ4v) is 5.39. The van der Waals surface area contributed by atoms with E-state index < -0.39 is 10.8 Å². The second-order valence-electron chi connectivity index (χ2n) is 2.58. The van der Waals surface area contributed by atoms with Crippen LogP contribution in [0.2, 0.25) is 0 Å². The third kappa shape index (κ3) is 6.63. The minimum Gasteiger partial charge on any atom is -0.258 e. The Bertz CT molecular complexity index is 168. The van der Waals surface area contributed by atoms with E-state index in [-0.39, 0.29) is 0 Å². The summed E-state index contributed by atoms with van der Waals surface area (Å²) in [6.45, 7) is 6.17. The van der Waals surface area contributed by atoms with Gasteiger partial charge in [-0.25, -0.2) is 0 Å². The number of rotatable bonds is 7. The molecule has 0 saturated carbocycles. The molecule has 0 aromatic carbocycles. The zero-order valence-electron chi connectivity index (χ0n) is 8.49. The van der Waals surface area contributed by atoms with Gasteiger partial charge in [-0.2, -0.15) is 0 Å². The minimum atomic E-state index is -0.653. The molecule has 0 radical (unpaired) electrons. The van der Waals surface area contributed by atoms with Crippen molar-refractivity contribution in [3.05, 3.63) is 11.5 Å². The molecule has 0 amide bonds. The summed E-state index contributed by atoms with van der Waals surface area (Å²) in [5, 5.41) is 2.04. The van der Waals surface area contributed by atoms with Crippen LogP contribution in [-0.4, -0.2) is 14.5 Å². The largest absolute Gasteiger partial charge is 0.258 e. The average molecular weight is 238 g/mol. The molecule has 0 rings (SSSR count). The highest BCUT2D eigenvalue weighted by Gasteiger charge is 2.13. The molecule has 0 fully saturated rings. The van der Waals surface area contributed by atoms with Crippen molar-refractivity contribution >= 4 is 32.4 Å². The molecule has 0 spiro atoms. The lowest BCUT2D eigenvalue weighted by atomic mass is 10.6. The van der Waals surface area contributed by atoms with E-state index in [1.54, 1.807) is 21.6 Å². The Kier molecular flexibility index (Phi) is 9.57. The van der Waals surface area contributed by atoms with Crippen molar-refractivity contribution in [1.29, 1.82) is 0 Å². The monoisotopic (exact) mass is 238 g/mol. The highest BCUT2D eigenvalue weighted by Crippen LogP contribution is 2.31. The minimum absolute atomic E-state index is 0.293. The van der Waals surface area contributed by atoms with E-state index in [4.69, 9.17) is 0 Å². The molecule has 0 heterocycles. The molecule has 13 heavy (non-hydrogen) atoms. The first-order chi connectivity index (χ1) is 6.26. The maximum absolute atomic E-state index is 11.6. The van der Waals surface area contributed by atoms with Crippen molar-refractivity contribution in [2.45, 2.75) is 38.2 Å². The first kappa shape index (κ1) is 13.6. The van der Waals surface area contributed by atoms with Gasteiger partial charge in [0.1, 0.15) is 0 Å². The SMILES string of the molecule is C/C=C/SSC(CC)S(=O)CCC. The summed E-state index contributed by atoms with van der Waals surface area (Å²) in [6, 6.07) is 0. The highest BCUT2D eigenvalue weighted by atomic mass is 33.1. The van der Waals surface area contributed by atoms with Crippen molar-refractivity contribution in [3.63, 3.8) is 0 Å². The highest BCUT2D eigenvalue weighted by molar-refractivity contribution is 8.79. The molecule has 2 unspecified atom stereocenters. The Morgan fingerprint density at radius 2 is 2.15 bits per heavy atom. The van der Waals surface area contributed by atoms with E-state index >= 15 is 0 Å². The Morgan fingerprint density at radius 3 is 2.62 bits per heavy atom. The van der Waals surface area contributed by atoms with Crippen molar-refractivity contribution in [3.8, 4) is 0 Å². The fraction of sp³-hybridized carbons (Fsp3) is 0.778. The Hall–Kier alpha value is 0.590. The molecule has 0 bridgehead atoms. The number of allylic oxidation sites excluding steroid dienone is 1. The molecule has 0 aromatic heterocycles. The summed E-state index contributed by atoms with van der Waals surface area (Å²) < 4.78 is 11.9. The fourth-order valence-electron chi connectivity index (χ4n) is 0.780. The third-order valence-corrected chi connectivity index (χ3v) is 6.82. The Labute approximate surface area is 92.0 Å². The Balaban J connectivity index is 3.80. The van der Waals surface area contributed by atoms with Gasteiger partial charge in [0.2, 0.25) is 0 Å². The van der Waals surface area contributed by atoms with Crippen LogP contribution in [-0.2, 0) is 10.8 Å². The van der Waals surface area contributed by atoms with Gasteiger partial charge >= 0.3 is 0 Å². The van der Waals surface area contributed by atoms with Gasteiger partial charge in [0.15, 0.2) is 0 Å². The molecule has 0 aliphatic heterocycles. The van der Waals surface area contributed by atoms with E-state index in [9.17, 15) is 4.21 Å². The predicted octanol–water partition coefficient (Wildman–Crippen LogP) is 3.80. The van der Waals surface area contributed by atoms with Crippen LogP contribution in [0.1, 0.15) is 33.6 Å². The third-order valence-electron chi connectivity index (χ3n) is 1.39. The van der Waals surface area contributed by atoms with E-state index in [1.165, 1.54) is 0 Å². The molecule has 0 aliphatic rings. The number of hydrogen-bond donors (Lipinski definition) is 0. The quantitative estimate of drug-likeness (QED) is 0.628. The molecule has 0 N–H and O–H groups in total. The van der Waals surface area contributed by atoms with Gasteiger partial charge in [-0.1, -0.05) is 41.5 Å². The molecular formula is C9H18OS3. The van der Waals surface area contributed by atoms with E-state index in [0.717, 1.165) is 18.6 Å². The smallest absolute Gasteiger partial charge is 0.0905 e. The molecule has 1 nitrogen and oxygen atoms in total. The standard InChI is InChI=1S/C9H18OS3/c1-4-7-11-12-9(6-3)13(10)8-5-2/h4,7,9H,5-6,8H2,1-3H3/b7-4+. The van der Waals surface area contributed by atoms with Crippen molar-refractivity contribution < 1.29 is 4.21 Å². The average Bonchev–Trinajstić information content (AvgIpc) is 2.13. The summed E-state index contributed by atoms with van der Waals surface area (Å²) in [7, 11) is 2.75. The first-order valence-electron chi connectivity index (χ1n) is 4.56. The van der Waals surface area contributed by atoms with Crippen molar-refractivity contribution in [1.82, 2.24) is 0 Å².